The Morgan fingerprint density at radius 2 is 1.82 bits per heavy atom. The van der Waals surface area contributed by atoms with Gasteiger partial charge in [-0.15, -0.1) is 0 Å². The molecule has 2 aliphatic rings. The van der Waals surface area contributed by atoms with Crippen LogP contribution in [0.2, 0.25) is 5.02 Å². The summed E-state index contributed by atoms with van der Waals surface area (Å²) >= 11 is 6.19. The minimum absolute atomic E-state index is 0.0116. The molecule has 0 bridgehead atoms. The van der Waals surface area contributed by atoms with Gasteiger partial charge in [0, 0.05) is 34.2 Å². The molecule has 2 aliphatic carbocycles. The van der Waals surface area contributed by atoms with Crippen molar-refractivity contribution in [3.8, 4) is 5.75 Å². The molecule has 1 saturated carbocycles. The monoisotopic (exact) mass is 532 g/mol. The van der Waals surface area contributed by atoms with Gasteiger partial charge in [-0.25, -0.2) is 4.79 Å². The van der Waals surface area contributed by atoms with Crippen LogP contribution in [0.1, 0.15) is 61.3 Å². The van der Waals surface area contributed by atoms with E-state index in [1.807, 2.05) is 38.4 Å². The van der Waals surface area contributed by atoms with Gasteiger partial charge in [0.05, 0.1) is 6.61 Å². The lowest BCUT2D eigenvalue weighted by Crippen LogP contribution is -2.53. The number of aromatic nitrogens is 1. The summed E-state index contributed by atoms with van der Waals surface area (Å²) in [7, 11) is 0. The molecule has 5 rings (SSSR count). The molecule has 0 amide bonds. The predicted molar refractivity (Wildman–Crippen MR) is 152 cm³/mol. The second kappa shape index (κ2) is 10.6. The number of benzene rings is 2. The third-order valence-electron chi connectivity index (χ3n) is 8.87. The Morgan fingerprint density at radius 3 is 2.50 bits per heavy atom. The summed E-state index contributed by atoms with van der Waals surface area (Å²) < 4.78 is 6.29. The maximum Gasteiger partial charge on any atom is 0.329 e. The van der Waals surface area contributed by atoms with Crippen LogP contribution in [0, 0.1) is 25.7 Å². The summed E-state index contributed by atoms with van der Waals surface area (Å²) in [4.78, 5) is 16.9. The van der Waals surface area contributed by atoms with E-state index in [1.54, 1.807) is 12.1 Å². The molecule has 6 heteroatoms. The normalized spacial score (nSPS) is 25.1. The molecule has 2 N–H and O–H groups in total. The highest BCUT2D eigenvalue weighted by Gasteiger charge is 2.54. The molecule has 0 radical (unpaired) electrons. The highest BCUT2D eigenvalue weighted by atomic mass is 35.5. The van der Waals surface area contributed by atoms with E-state index < -0.39 is 11.5 Å². The Hall–Kier alpha value is -3.05. The lowest BCUT2D eigenvalue weighted by atomic mass is 9.59. The largest absolute Gasteiger partial charge is 0.493 e. The van der Waals surface area contributed by atoms with Crippen LogP contribution in [-0.2, 0) is 16.6 Å². The lowest BCUT2D eigenvalue weighted by Gasteiger charge is -2.47. The zero-order valence-corrected chi connectivity index (χ0v) is 23.2. The predicted octanol–water partition coefficient (Wildman–Crippen LogP) is 7.38. The fourth-order valence-electron chi connectivity index (χ4n) is 6.91. The van der Waals surface area contributed by atoms with E-state index in [0.717, 1.165) is 48.2 Å². The average molecular weight is 533 g/mol. The zero-order chi connectivity index (χ0) is 26.9. The zero-order valence-electron chi connectivity index (χ0n) is 22.5. The van der Waals surface area contributed by atoms with Crippen molar-refractivity contribution in [1.29, 1.82) is 0 Å². The third kappa shape index (κ3) is 5.01. The fourth-order valence-corrected chi connectivity index (χ4v) is 7.10. The first-order valence-corrected chi connectivity index (χ1v) is 14.0. The number of hydrogen-bond donors (Lipinski definition) is 2. The van der Waals surface area contributed by atoms with Crippen LogP contribution in [0.25, 0.3) is 0 Å². The van der Waals surface area contributed by atoms with Crippen molar-refractivity contribution in [2.45, 2.75) is 70.3 Å². The number of halogens is 1. The van der Waals surface area contributed by atoms with Crippen molar-refractivity contribution in [1.82, 2.24) is 4.98 Å². The smallest absolute Gasteiger partial charge is 0.329 e. The third-order valence-corrected chi connectivity index (χ3v) is 9.10. The molecule has 3 aromatic rings. The minimum Gasteiger partial charge on any atom is -0.493 e. The van der Waals surface area contributed by atoms with Gasteiger partial charge >= 0.3 is 5.97 Å². The van der Waals surface area contributed by atoms with Gasteiger partial charge in [-0.3, -0.25) is 4.98 Å². The van der Waals surface area contributed by atoms with E-state index >= 15 is 0 Å². The van der Waals surface area contributed by atoms with Crippen molar-refractivity contribution in [3.05, 3.63) is 88.2 Å². The Balaban J connectivity index is 1.35. The number of nitrogens with one attached hydrogen (secondary N) is 1. The van der Waals surface area contributed by atoms with Crippen molar-refractivity contribution < 1.29 is 14.6 Å². The molecule has 38 heavy (non-hydrogen) atoms. The van der Waals surface area contributed by atoms with Gasteiger partial charge in [0.15, 0.2) is 0 Å². The number of anilines is 1. The highest BCUT2D eigenvalue weighted by Crippen LogP contribution is 2.56. The quantitative estimate of drug-likeness (QED) is 0.317. The maximum absolute atomic E-state index is 12.6. The Kier molecular flexibility index (Phi) is 7.41. The number of rotatable bonds is 8. The summed E-state index contributed by atoms with van der Waals surface area (Å²) in [6.45, 7) is 7.01. The van der Waals surface area contributed by atoms with Crippen LogP contribution in [0.3, 0.4) is 0 Å². The molecule has 5 nitrogen and oxygen atoms in total. The first-order chi connectivity index (χ1) is 18.2. The van der Waals surface area contributed by atoms with Crippen molar-refractivity contribution in [2.75, 3.05) is 11.9 Å². The number of fused-ring (bicyclic) bond motifs is 2. The molecule has 0 saturated heterocycles. The van der Waals surface area contributed by atoms with Crippen molar-refractivity contribution >= 4 is 23.3 Å². The van der Waals surface area contributed by atoms with E-state index in [1.165, 1.54) is 11.1 Å². The number of ether oxygens (including phenoxy) is 1. The Labute approximate surface area is 230 Å². The van der Waals surface area contributed by atoms with Gasteiger partial charge in [-0.05, 0) is 98.9 Å². The molecule has 1 fully saturated rings. The number of carbonyl (C=O) groups is 1. The molecular weight excluding hydrogens is 496 g/mol. The number of aliphatic carboxylic acids is 1. The average Bonchev–Trinajstić information content (AvgIpc) is 3.17. The van der Waals surface area contributed by atoms with Crippen molar-refractivity contribution in [2.24, 2.45) is 11.8 Å². The van der Waals surface area contributed by atoms with Gasteiger partial charge in [0.2, 0.25) is 0 Å². The van der Waals surface area contributed by atoms with Crippen LogP contribution >= 0.6 is 11.6 Å². The van der Waals surface area contributed by atoms with E-state index in [-0.39, 0.29) is 5.41 Å². The number of aryl methyl sites for hydroxylation is 2. The molecule has 0 aliphatic heterocycles. The summed E-state index contributed by atoms with van der Waals surface area (Å²) in [6.07, 6.45) is 8.60. The van der Waals surface area contributed by atoms with E-state index in [9.17, 15) is 9.90 Å². The summed E-state index contributed by atoms with van der Waals surface area (Å²) in [5, 5.41) is 14.3. The number of pyridine rings is 1. The molecule has 2 atom stereocenters. The van der Waals surface area contributed by atoms with Crippen LogP contribution in [0.15, 0.2) is 60.9 Å². The number of nitrogens with zero attached hydrogens (tertiary/aromatic N) is 1. The van der Waals surface area contributed by atoms with E-state index in [4.69, 9.17) is 16.3 Å². The highest BCUT2D eigenvalue weighted by molar-refractivity contribution is 6.30. The Bertz CT molecular complexity index is 1300. The summed E-state index contributed by atoms with van der Waals surface area (Å²) in [5.74, 6) is 0.970. The molecule has 1 aromatic heterocycles. The molecule has 1 spiro atoms. The van der Waals surface area contributed by atoms with Crippen LogP contribution < -0.4 is 10.1 Å². The van der Waals surface area contributed by atoms with E-state index in [2.05, 4.69) is 41.5 Å². The van der Waals surface area contributed by atoms with Crippen LogP contribution in [0.5, 0.6) is 5.75 Å². The topological polar surface area (TPSA) is 71.5 Å². The van der Waals surface area contributed by atoms with Crippen molar-refractivity contribution in [3.63, 3.8) is 0 Å². The summed E-state index contributed by atoms with van der Waals surface area (Å²) in [6, 6.07) is 16.1. The van der Waals surface area contributed by atoms with Crippen LogP contribution in [0.4, 0.5) is 5.69 Å². The first kappa shape index (κ1) is 26.6. The summed E-state index contributed by atoms with van der Waals surface area (Å²) in [5.41, 5.74) is 4.70. The fraction of sp³-hybridized carbons (Fsp3) is 0.438. The number of carboxylic acid groups (broad SMARTS) is 1. The van der Waals surface area contributed by atoms with Gasteiger partial charge in [-0.2, -0.15) is 0 Å². The first-order valence-electron chi connectivity index (χ1n) is 13.6. The van der Waals surface area contributed by atoms with Gasteiger partial charge in [0.25, 0.3) is 0 Å². The molecular formula is C32H37ClN2O3. The molecule has 200 valence electrons. The van der Waals surface area contributed by atoms with Gasteiger partial charge in [-0.1, -0.05) is 48.9 Å². The molecule has 1 unspecified atom stereocenters. The Morgan fingerprint density at radius 1 is 1.11 bits per heavy atom. The van der Waals surface area contributed by atoms with Gasteiger partial charge in [0.1, 0.15) is 11.3 Å². The number of hydrogen-bond acceptors (Lipinski definition) is 4. The second-order valence-corrected chi connectivity index (χ2v) is 11.9. The number of carboxylic acids is 1. The van der Waals surface area contributed by atoms with Gasteiger partial charge < -0.3 is 15.2 Å². The SMILES string of the molecule is Cc1cncc(C)c1OC[C@H](C)CC1Cc2ccccc2C12CCC(Nc1cccc(Cl)c1)(C(=O)O)CC2. The van der Waals surface area contributed by atoms with E-state index in [0.29, 0.717) is 36.3 Å². The second-order valence-electron chi connectivity index (χ2n) is 11.5. The molecule has 2 aromatic carbocycles. The molecule has 1 heterocycles. The van der Waals surface area contributed by atoms with Crippen LogP contribution in [-0.4, -0.2) is 28.2 Å². The minimum atomic E-state index is -0.997. The lowest BCUT2D eigenvalue weighted by molar-refractivity contribution is -0.144. The maximum atomic E-state index is 12.6. The standard InChI is InChI=1S/C32H37ClN2O3/c1-21(20-38-29-22(2)18-34-19-23(29)3)15-25-16-24-7-4-5-10-28(24)31(25)11-13-32(14-12-31,30(36)37)35-27-9-6-8-26(33)17-27/h4-10,17-19,21,25,35H,11-16,20H2,1-3H3,(H,36,37)/t21-,25?,31?,32?/m1/s1.